The lowest BCUT2D eigenvalue weighted by Crippen LogP contribution is -2.34. The quantitative estimate of drug-likeness (QED) is 0.574. The van der Waals surface area contributed by atoms with Gasteiger partial charge in [0.25, 0.3) is 0 Å². The van der Waals surface area contributed by atoms with E-state index >= 15 is 0 Å². The van der Waals surface area contributed by atoms with Crippen LogP contribution in [0.5, 0.6) is 0 Å². The van der Waals surface area contributed by atoms with Gasteiger partial charge in [0.05, 0.1) is 25.6 Å². The summed E-state index contributed by atoms with van der Waals surface area (Å²) in [6.07, 6.45) is 3.68. The van der Waals surface area contributed by atoms with E-state index in [4.69, 9.17) is 14.6 Å². The molecule has 0 amide bonds. The first-order valence-electron chi connectivity index (χ1n) is 6.06. The smallest absolute Gasteiger partial charge is 0.309 e. The summed E-state index contributed by atoms with van der Waals surface area (Å²) in [7, 11) is 1.34. The highest BCUT2D eigenvalue weighted by Crippen LogP contribution is 2.31. The third-order valence-electron chi connectivity index (χ3n) is 3.12. The van der Waals surface area contributed by atoms with Crippen molar-refractivity contribution >= 4 is 11.9 Å². The standard InChI is InChI=1S/C12H20O5/c1-16-11(14)9-5-2-3-6-10(9)12(15)17-8-4-7-13/h9-10,13H,2-8H2,1H3. The number of ether oxygens (including phenoxy) is 2. The SMILES string of the molecule is COC(=O)C1CCCCC1C(=O)OCCCO. The Morgan fingerprint density at radius 2 is 1.76 bits per heavy atom. The van der Waals surface area contributed by atoms with Crippen LogP contribution in [-0.2, 0) is 19.1 Å². The molecule has 5 heteroatoms. The van der Waals surface area contributed by atoms with Crippen molar-refractivity contribution in [3.05, 3.63) is 0 Å². The lowest BCUT2D eigenvalue weighted by Gasteiger charge is -2.27. The maximum atomic E-state index is 11.8. The minimum absolute atomic E-state index is 0.00161. The van der Waals surface area contributed by atoms with E-state index in [9.17, 15) is 9.59 Å². The van der Waals surface area contributed by atoms with E-state index < -0.39 is 0 Å². The van der Waals surface area contributed by atoms with Crippen molar-refractivity contribution in [2.75, 3.05) is 20.3 Å². The van der Waals surface area contributed by atoms with Crippen molar-refractivity contribution in [2.45, 2.75) is 32.1 Å². The molecule has 0 aromatic rings. The van der Waals surface area contributed by atoms with Crippen LogP contribution in [0.25, 0.3) is 0 Å². The minimum Gasteiger partial charge on any atom is -0.469 e. The lowest BCUT2D eigenvalue weighted by atomic mass is 9.79. The molecule has 17 heavy (non-hydrogen) atoms. The van der Waals surface area contributed by atoms with Gasteiger partial charge in [0.1, 0.15) is 0 Å². The predicted molar refractivity (Wildman–Crippen MR) is 60.1 cm³/mol. The summed E-state index contributed by atoms with van der Waals surface area (Å²) in [4.78, 5) is 23.3. The number of rotatable bonds is 5. The number of hydrogen-bond donors (Lipinski definition) is 1. The van der Waals surface area contributed by atoms with Crippen molar-refractivity contribution in [2.24, 2.45) is 11.8 Å². The molecule has 1 saturated carbocycles. The van der Waals surface area contributed by atoms with Crippen LogP contribution in [0.2, 0.25) is 0 Å². The first kappa shape index (κ1) is 14.0. The van der Waals surface area contributed by atoms with Crippen molar-refractivity contribution in [1.82, 2.24) is 0 Å². The van der Waals surface area contributed by atoms with Crippen molar-refractivity contribution in [1.29, 1.82) is 0 Å². The molecule has 1 rings (SSSR count). The molecule has 0 aromatic heterocycles. The molecule has 1 N–H and O–H groups in total. The molecule has 0 radical (unpaired) electrons. The zero-order chi connectivity index (χ0) is 12.7. The Labute approximate surface area is 101 Å². The Hall–Kier alpha value is -1.10. The highest BCUT2D eigenvalue weighted by Gasteiger charge is 2.37. The fraction of sp³-hybridized carbons (Fsp3) is 0.833. The molecule has 1 aliphatic carbocycles. The fourth-order valence-electron chi connectivity index (χ4n) is 2.19. The summed E-state index contributed by atoms with van der Waals surface area (Å²) < 4.78 is 9.75. The second kappa shape index (κ2) is 7.27. The van der Waals surface area contributed by atoms with E-state index in [1.807, 2.05) is 0 Å². The van der Waals surface area contributed by atoms with Gasteiger partial charge >= 0.3 is 11.9 Å². The Morgan fingerprint density at radius 1 is 1.18 bits per heavy atom. The van der Waals surface area contributed by atoms with Crippen molar-refractivity contribution in [3.8, 4) is 0 Å². The minimum atomic E-state index is -0.380. The summed E-state index contributed by atoms with van der Waals surface area (Å²) in [6.45, 7) is 0.206. The van der Waals surface area contributed by atoms with Gasteiger partial charge < -0.3 is 14.6 Å². The Morgan fingerprint density at radius 3 is 2.29 bits per heavy atom. The van der Waals surface area contributed by atoms with Gasteiger partial charge in [-0.3, -0.25) is 9.59 Å². The van der Waals surface area contributed by atoms with Crippen LogP contribution in [0.15, 0.2) is 0 Å². The van der Waals surface area contributed by atoms with Gasteiger partial charge in [-0.05, 0) is 12.8 Å². The number of methoxy groups -OCH3 is 1. The largest absolute Gasteiger partial charge is 0.469 e. The van der Waals surface area contributed by atoms with Crippen LogP contribution in [0.3, 0.4) is 0 Å². The molecule has 0 heterocycles. The third kappa shape index (κ3) is 4.00. The van der Waals surface area contributed by atoms with E-state index in [0.29, 0.717) is 19.3 Å². The summed E-state index contributed by atoms with van der Waals surface area (Å²) in [5.74, 6) is -1.41. The monoisotopic (exact) mass is 244 g/mol. The van der Waals surface area contributed by atoms with Crippen LogP contribution in [0.4, 0.5) is 0 Å². The lowest BCUT2D eigenvalue weighted by molar-refractivity contribution is -0.161. The zero-order valence-corrected chi connectivity index (χ0v) is 10.2. The topological polar surface area (TPSA) is 72.8 Å². The highest BCUT2D eigenvalue weighted by atomic mass is 16.5. The summed E-state index contributed by atoms with van der Waals surface area (Å²) in [5.41, 5.74) is 0. The molecular formula is C12H20O5. The molecule has 5 nitrogen and oxygen atoms in total. The predicted octanol–water partition coefficient (Wildman–Crippen LogP) is 0.891. The molecular weight excluding hydrogens is 224 g/mol. The molecule has 0 aliphatic heterocycles. The van der Waals surface area contributed by atoms with E-state index in [2.05, 4.69) is 0 Å². The Kier molecular flexibility index (Phi) is 5.97. The molecule has 98 valence electrons. The molecule has 1 aliphatic rings. The molecule has 2 unspecified atom stereocenters. The average molecular weight is 244 g/mol. The third-order valence-corrected chi connectivity index (χ3v) is 3.12. The van der Waals surface area contributed by atoms with Crippen LogP contribution in [-0.4, -0.2) is 37.4 Å². The van der Waals surface area contributed by atoms with Crippen molar-refractivity contribution < 1.29 is 24.2 Å². The van der Waals surface area contributed by atoms with E-state index in [-0.39, 0.29) is 37.0 Å². The second-order valence-electron chi connectivity index (χ2n) is 4.27. The van der Waals surface area contributed by atoms with Gasteiger partial charge in [0.15, 0.2) is 0 Å². The number of carbonyl (C=O) groups is 2. The number of hydrogen-bond acceptors (Lipinski definition) is 5. The number of esters is 2. The Bertz CT molecular complexity index is 264. The summed E-state index contributed by atoms with van der Waals surface area (Å²) in [5, 5.41) is 8.60. The number of aliphatic hydroxyl groups is 1. The zero-order valence-electron chi connectivity index (χ0n) is 10.2. The molecule has 0 aromatic carbocycles. The van der Waals surface area contributed by atoms with Gasteiger partial charge in [-0.25, -0.2) is 0 Å². The summed E-state index contributed by atoms with van der Waals surface area (Å²) >= 11 is 0. The van der Waals surface area contributed by atoms with E-state index in [1.54, 1.807) is 0 Å². The first-order valence-corrected chi connectivity index (χ1v) is 6.06. The second-order valence-corrected chi connectivity index (χ2v) is 4.27. The Balaban J connectivity index is 2.52. The van der Waals surface area contributed by atoms with Crippen molar-refractivity contribution in [3.63, 3.8) is 0 Å². The van der Waals surface area contributed by atoms with Gasteiger partial charge in [0, 0.05) is 13.0 Å². The number of aliphatic hydroxyl groups excluding tert-OH is 1. The fourth-order valence-corrected chi connectivity index (χ4v) is 2.19. The molecule has 2 atom stereocenters. The van der Waals surface area contributed by atoms with Gasteiger partial charge in [-0.15, -0.1) is 0 Å². The van der Waals surface area contributed by atoms with Crippen LogP contribution in [0.1, 0.15) is 32.1 Å². The van der Waals surface area contributed by atoms with E-state index in [0.717, 1.165) is 12.8 Å². The average Bonchev–Trinajstić information content (AvgIpc) is 2.38. The maximum absolute atomic E-state index is 11.8. The molecule has 0 saturated heterocycles. The maximum Gasteiger partial charge on any atom is 0.309 e. The van der Waals surface area contributed by atoms with Crippen LogP contribution in [0, 0.1) is 11.8 Å². The first-order chi connectivity index (χ1) is 8.20. The summed E-state index contributed by atoms with van der Waals surface area (Å²) in [6, 6.07) is 0. The number of carbonyl (C=O) groups excluding carboxylic acids is 2. The molecule has 1 fully saturated rings. The van der Waals surface area contributed by atoms with Gasteiger partial charge in [-0.1, -0.05) is 12.8 Å². The highest BCUT2D eigenvalue weighted by molar-refractivity contribution is 5.82. The van der Waals surface area contributed by atoms with Crippen LogP contribution < -0.4 is 0 Å². The van der Waals surface area contributed by atoms with Crippen LogP contribution >= 0.6 is 0 Å². The van der Waals surface area contributed by atoms with Gasteiger partial charge in [0.2, 0.25) is 0 Å². The van der Waals surface area contributed by atoms with E-state index in [1.165, 1.54) is 7.11 Å². The normalized spacial score (nSPS) is 24.1. The molecule has 0 bridgehead atoms. The molecule has 0 spiro atoms. The van der Waals surface area contributed by atoms with Gasteiger partial charge in [-0.2, -0.15) is 0 Å².